The smallest absolute Gasteiger partial charge is 0.330 e. The lowest BCUT2D eigenvalue weighted by atomic mass is 9.91. The number of carboxylic acid groups (broad SMARTS) is 1. The number of hydrogen-bond acceptors (Lipinski definition) is 2. The minimum Gasteiger partial charge on any atom is -0.478 e. The molecule has 0 spiro atoms. The third kappa shape index (κ3) is 3.91. The maximum Gasteiger partial charge on any atom is 0.330 e. The van der Waals surface area contributed by atoms with Gasteiger partial charge in [0.1, 0.15) is 0 Å². The number of hydrogen-bond donors (Lipinski definition) is 1. The molecule has 0 saturated carbocycles. The molecule has 96 valence electrons. The third-order valence-corrected chi connectivity index (χ3v) is 3.49. The van der Waals surface area contributed by atoms with Crippen LogP contribution in [0.4, 0.5) is 0 Å². The Kier molecular flexibility index (Phi) is 5.26. The number of likely N-dealkylation sites (tertiary alicyclic amines) is 1. The number of nitrogens with zero attached hydrogens (tertiary/aromatic N) is 1. The van der Waals surface area contributed by atoms with E-state index in [0.29, 0.717) is 5.92 Å². The molecule has 2 atom stereocenters. The van der Waals surface area contributed by atoms with Crippen molar-refractivity contribution in [1.82, 2.24) is 4.90 Å². The van der Waals surface area contributed by atoms with Crippen molar-refractivity contribution in [2.75, 3.05) is 13.1 Å². The first kappa shape index (κ1) is 13.8. The molecule has 3 heteroatoms. The van der Waals surface area contributed by atoms with Gasteiger partial charge in [0.2, 0.25) is 0 Å². The number of carboxylic acids is 1. The van der Waals surface area contributed by atoms with E-state index in [1.165, 1.54) is 18.9 Å². The molecular formula is C14H23NO2. The lowest BCUT2D eigenvalue weighted by Crippen LogP contribution is -2.26. The molecule has 0 aromatic rings. The highest BCUT2D eigenvalue weighted by molar-refractivity contribution is 5.80. The molecule has 0 aromatic carbocycles. The van der Waals surface area contributed by atoms with Crippen molar-refractivity contribution in [3.63, 3.8) is 0 Å². The Bertz CT molecular complexity index is 314. The van der Waals surface area contributed by atoms with Gasteiger partial charge in [0.05, 0.1) is 0 Å². The van der Waals surface area contributed by atoms with Crippen molar-refractivity contribution in [3.8, 4) is 0 Å². The summed E-state index contributed by atoms with van der Waals surface area (Å²) in [4.78, 5) is 13.2. The number of allylic oxidation sites excluding steroid dienone is 3. The maximum absolute atomic E-state index is 10.9. The molecule has 1 rings (SSSR count). The summed E-state index contributed by atoms with van der Waals surface area (Å²) in [6.07, 6.45) is 7.89. The Balaban J connectivity index is 2.85. The first-order chi connectivity index (χ1) is 8.06. The Labute approximate surface area is 104 Å². The van der Waals surface area contributed by atoms with E-state index >= 15 is 0 Å². The molecule has 1 aliphatic rings. The van der Waals surface area contributed by atoms with Crippen LogP contribution in [0.5, 0.6) is 0 Å². The summed E-state index contributed by atoms with van der Waals surface area (Å²) in [7, 11) is 0. The predicted molar refractivity (Wildman–Crippen MR) is 69.7 cm³/mol. The molecular weight excluding hydrogens is 214 g/mol. The van der Waals surface area contributed by atoms with Gasteiger partial charge in [0.15, 0.2) is 0 Å². The molecule has 0 aromatic heterocycles. The predicted octanol–water partition coefficient (Wildman–Crippen LogP) is 2.90. The van der Waals surface area contributed by atoms with E-state index < -0.39 is 5.97 Å². The zero-order valence-electron chi connectivity index (χ0n) is 11.0. The molecule has 17 heavy (non-hydrogen) atoms. The Morgan fingerprint density at radius 1 is 1.29 bits per heavy atom. The van der Waals surface area contributed by atoms with E-state index in [0.717, 1.165) is 18.8 Å². The summed E-state index contributed by atoms with van der Waals surface area (Å²) in [6.45, 7) is 8.23. The zero-order valence-corrected chi connectivity index (χ0v) is 11.0. The third-order valence-electron chi connectivity index (χ3n) is 3.49. The van der Waals surface area contributed by atoms with Gasteiger partial charge in [-0.15, -0.1) is 0 Å². The summed E-state index contributed by atoms with van der Waals surface area (Å²) in [5.74, 6) is -0.224. The SMILES string of the molecule is C/C=C/[C@@H](C)[C@@H](C)/C(=C\C(=O)O)N1CCCC1. The highest BCUT2D eigenvalue weighted by Crippen LogP contribution is 2.27. The Morgan fingerprint density at radius 2 is 1.88 bits per heavy atom. The van der Waals surface area contributed by atoms with Crippen LogP contribution in [0.25, 0.3) is 0 Å². The van der Waals surface area contributed by atoms with Crippen LogP contribution in [0, 0.1) is 11.8 Å². The summed E-state index contributed by atoms with van der Waals surface area (Å²) in [6, 6.07) is 0. The van der Waals surface area contributed by atoms with Gasteiger partial charge in [0, 0.05) is 30.8 Å². The number of rotatable bonds is 5. The molecule has 1 N–H and O–H groups in total. The van der Waals surface area contributed by atoms with Crippen molar-refractivity contribution >= 4 is 5.97 Å². The summed E-state index contributed by atoms with van der Waals surface area (Å²) >= 11 is 0. The minimum atomic E-state index is -0.841. The van der Waals surface area contributed by atoms with Crippen molar-refractivity contribution in [1.29, 1.82) is 0 Å². The fourth-order valence-electron chi connectivity index (χ4n) is 2.35. The largest absolute Gasteiger partial charge is 0.478 e. The van der Waals surface area contributed by atoms with Crippen molar-refractivity contribution in [2.24, 2.45) is 11.8 Å². The lowest BCUT2D eigenvalue weighted by Gasteiger charge is -2.29. The van der Waals surface area contributed by atoms with Gasteiger partial charge in [-0.1, -0.05) is 26.0 Å². The zero-order chi connectivity index (χ0) is 12.8. The minimum absolute atomic E-state index is 0.250. The van der Waals surface area contributed by atoms with E-state index in [-0.39, 0.29) is 5.92 Å². The highest BCUT2D eigenvalue weighted by atomic mass is 16.4. The van der Waals surface area contributed by atoms with Crippen molar-refractivity contribution in [3.05, 3.63) is 23.9 Å². The lowest BCUT2D eigenvalue weighted by molar-refractivity contribution is -0.131. The maximum atomic E-state index is 10.9. The molecule has 1 fully saturated rings. The highest BCUT2D eigenvalue weighted by Gasteiger charge is 2.23. The monoisotopic (exact) mass is 237 g/mol. The van der Waals surface area contributed by atoms with Crippen LogP contribution in [0.3, 0.4) is 0 Å². The van der Waals surface area contributed by atoms with Gasteiger partial charge in [-0.25, -0.2) is 4.79 Å². The first-order valence-corrected chi connectivity index (χ1v) is 6.38. The van der Waals surface area contributed by atoms with Crippen LogP contribution in [0.15, 0.2) is 23.9 Å². The first-order valence-electron chi connectivity index (χ1n) is 6.38. The van der Waals surface area contributed by atoms with E-state index in [1.807, 2.05) is 13.0 Å². The molecule has 0 aliphatic carbocycles. The van der Waals surface area contributed by atoms with Gasteiger partial charge in [-0.05, 0) is 25.7 Å². The van der Waals surface area contributed by atoms with Gasteiger partial charge in [0.25, 0.3) is 0 Å². The average molecular weight is 237 g/mol. The van der Waals surface area contributed by atoms with Crippen LogP contribution in [-0.2, 0) is 4.79 Å². The van der Waals surface area contributed by atoms with Crippen LogP contribution < -0.4 is 0 Å². The Morgan fingerprint density at radius 3 is 2.35 bits per heavy atom. The van der Waals surface area contributed by atoms with Crippen LogP contribution in [-0.4, -0.2) is 29.1 Å². The van der Waals surface area contributed by atoms with Gasteiger partial charge in [-0.2, -0.15) is 0 Å². The van der Waals surface area contributed by atoms with E-state index in [4.69, 9.17) is 5.11 Å². The molecule has 0 bridgehead atoms. The second kappa shape index (κ2) is 6.48. The number of carbonyl (C=O) groups is 1. The molecule has 0 radical (unpaired) electrons. The fourth-order valence-corrected chi connectivity index (χ4v) is 2.35. The molecule has 0 amide bonds. The van der Waals surface area contributed by atoms with E-state index in [1.54, 1.807) is 0 Å². The average Bonchev–Trinajstić information content (AvgIpc) is 2.78. The molecule has 1 heterocycles. The van der Waals surface area contributed by atoms with Gasteiger partial charge >= 0.3 is 5.97 Å². The fraction of sp³-hybridized carbons (Fsp3) is 0.643. The quantitative estimate of drug-likeness (QED) is 0.590. The summed E-state index contributed by atoms with van der Waals surface area (Å²) in [5, 5.41) is 8.98. The second-order valence-corrected chi connectivity index (χ2v) is 4.78. The topological polar surface area (TPSA) is 40.5 Å². The normalized spacial score (nSPS) is 20.9. The molecule has 0 unspecified atom stereocenters. The standard InChI is InChI=1S/C14H23NO2/c1-4-7-11(2)12(3)13(10-14(16)17)15-8-5-6-9-15/h4,7,10-12H,5-6,8-9H2,1-3H3,(H,16,17)/b7-4+,13-10+/t11-,12-/m1/s1. The van der Waals surface area contributed by atoms with E-state index in [2.05, 4.69) is 24.8 Å². The Hall–Kier alpha value is -1.25. The van der Waals surface area contributed by atoms with Crippen LogP contribution in [0.2, 0.25) is 0 Å². The molecule has 1 aliphatic heterocycles. The van der Waals surface area contributed by atoms with Crippen molar-refractivity contribution < 1.29 is 9.90 Å². The summed E-state index contributed by atoms with van der Waals surface area (Å²) in [5.41, 5.74) is 0.973. The number of aliphatic carboxylic acids is 1. The summed E-state index contributed by atoms with van der Waals surface area (Å²) < 4.78 is 0. The van der Waals surface area contributed by atoms with Gasteiger partial charge < -0.3 is 10.0 Å². The molecule has 1 saturated heterocycles. The second-order valence-electron chi connectivity index (χ2n) is 4.78. The van der Waals surface area contributed by atoms with Crippen LogP contribution in [0.1, 0.15) is 33.6 Å². The van der Waals surface area contributed by atoms with E-state index in [9.17, 15) is 4.79 Å². The van der Waals surface area contributed by atoms with Crippen LogP contribution >= 0.6 is 0 Å². The van der Waals surface area contributed by atoms with Gasteiger partial charge in [-0.3, -0.25) is 0 Å². The van der Waals surface area contributed by atoms with Crippen molar-refractivity contribution in [2.45, 2.75) is 33.6 Å². The molecule has 3 nitrogen and oxygen atoms in total.